The van der Waals surface area contributed by atoms with Crippen LogP contribution in [0.15, 0.2) is 18.2 Å². The number of aromatic nitrogens is 2. The summed E-state index contributed by atoms with van der Waals surface area (Å²) in [5.74, 6) is 7.20. The first kappa shape index (κ1) is 12.3. The predicted molar refractivity (Wildman–Crippen MR) is 76.2 cm³/mol. The molecular weight excluding hydrogens is 240 g/mol. The fraction of sp³-hybridized carbons (Fsp3) is 0.500. The third-order valence-corrected chi connectivity index (χ3v) is 3.97. The zero-order valence-electron chi connectivity index (χ0n) is 11.2. The smallest absolute Gasteiger partial charge is 0.218 e. The van der Waals surface area contributed by atoms with Gasteiger partial charge < -0.3 is 9.30 Å². The van der Waals surface area contributed by atoms with E-state index in [1.807, 2.05) is 12.1 Å². The first-order valence-corrected chi connectivity index (χ1v) is 6.86. The van der Waals surface area contributed by atoms with Crippen molar-refractivity contribution in [2.75, 3.05) is 12.5 Å². The normalized spacial score (nSPS) is 16.7. The van der Waals surface area contributed by atoms with Crippen molar-refractivity contribution in [2.45, 2.75) is 38.1 Å². The van der Waals surface area contributed by atoms with E-state index >= 15 is 0 Å². The van der Waals surface area contributed by atoms with Crippen LogP contribution in [0.1, 0.15) is 38.1 Å². The molecule has 1 aromatic carbocycles. The fourth-order valence-electron chi connectivity index (χ4n) is 3.02. The van der Waals surface area contributed by atoms with Crippen molar-refractivity contribution in [1.82, 2.24) is 9.55 Å². The number of benzene rings is 1. The Kier molecular flexibility index (Phi) is 3.29. The number of hydrogen-bond acceptors (Lipinski definition) is 4. The highest BCUT2D eigenvalue weighted by molar-refractivity contribution is 5.80. The average molecular weight is 260 g/mol. The van der Waals surface area contributed by atoms with Crippen LogP contribution in [0.5, 0.6) is 5.75 Å². The van der Waals surface area contributed by atoms with Crippen molar-refractivity contribution < 1.29 is 4.74 Å². The lowest BCUT2D eigenvalue weighted by atomic mass is 9.95. The number of hydrogen-bond donors (Lipinski definition) is 2. The zero-order valence-corrected chi connectivity index (χ0v) is 11.2. The second-order valence-corrected chi connectivity index (χ2v) is 5.10. The first-order valence-electron chi connectivity index (χ1n) is 6.86. The van der Waals surface area contributed by atoms with Gasteiger partial charge in [0, 0.05) is 12.1 Å². The summed E-state index contributed by atoms with van der Waals surface area (Å²) in [4.78, 5) is 4.56. The number of imidazole rings is 1. The molecule has 102 valence electrons. The molecule has 0 unspecified atom stereocenters. The minimum absolute atomic E-state index is 0.498. The minimum atomic E-state index is 0.498. The second-order valence-electron chi connectivity index (χ2n) is 5.10. The number of hydrazine groups is 1. The molecule has 0 saturated heterocycles. The van der Waals surface area contributed by atoms with Crippen LogP contribution < -0.4 is 16.0 Å². The van der Waals surface area contributed by atoms with Crippen LogP contribution in [0.4, 0.5) is 5.95 Å². The lowest BCUT2D eigenvalue weighted by molar-refractivity contribution is 0.362. The number of nitrogen functional groups attached to an aromatic ring is 1. The van der Waals surface area contributed by atoms with E-state index in [-0.39, 0.29) is 0 Å². The van der Waals surface area contributed by atoms with Crippen LogP contribution in [-0.2, 0) is 0 Å². The molecule has 19 heavy (non-hydrogen) atoms. The maximum atomic E-state index is 5.63. The van der Waals surface area contributed by atoms with Crippen LogP contribution in [0, 0.1) is 0 Å². The fourth-order valence-corrected chi connectivity index (χ4v) is 3.02. The molecule has 1 heterocycles. The monoisotopic (exact) mass is 260 g/mol. The Balaban J connectivity index is 2.09. The van der Waals surface area contributed by atoms with Gasteiger partial charge in [0.15, 0.2) is 0 Å². The number of anilines is 1. The summed E-state index contributed by atoms with van der Waals surface area (Å²) in [7, 11) is 1.67. The largest absolute Gasteiger partial charge is 0.497 e. The summed E-state index contributed by atoms with van der Waals surface area (Å²) in [6.45, 7) is 0. The Morgan fingerprint density at radius 2 is 2.11 bits per heavy atom. The lowest BCUT2D eigenvalue weighted by Crippen LogP contribution is -2.18. The SMILES string of the molecule is COc1ccc2c(c1)nc(NN)n2C1CCCCC1. The van der Waals surface area contributed by atoms with Crippen LogP contribution in [0.2, 0.25) is 0 Å². The summed E-state index contributed by atoms with van der Waals surface area (Å²) in [5, 5.41) is 0. The standard InChI is InChI=1S/C14H20N4O/c1-19-11-7-8-13-12(9-11)16-14(17-15)18(13)10-5-3-2-4-6-10/h7-10H,2-6,15H2,1H3,(H,16,17). The summed E-state index contributed by atoms with van der Waals surface area (Å²) in [6, 6.07) is 6.49. The van der Waals surface area contributed by atoms with E-state index in [9.17, 15) is 0 Å². The summed E-state index contributed by atoms with van der Waals surface area (Å²) in [5.41, 5.74) is 4.79. The number of ether oxygens (including phenoxy) is 1. The number of fused-ring (bicyclic) bond motifs is 1. The third-order valence-electron chi connectivity index (χ3n) is 3.97. The van der Waals surface area contributed by atoms with E-state index in [1.54, 1.807) is 7.11 Å². The molecule has 0 radical (unpaired) electrons. The quantitative estimate of drug-likeness (QED) is 0.658. The van der Waals surface area contributed by atoms with E-state index in [0.29, 0.717) is 6.04 Å². The highest BCUT2D eigenvalue weighted by Crippen LogP contribution is 2.34. The van der Waals surface area contributed by atoms with Crippen LogP contribution >= 0.6 is 0 Å². The maximum absolute atomic E-state index is 5.63. The van der Waals surface area contributed by atoms with Gasteiger partial charge >= 0.3 is 0 Å². The summed E-state index contributed by atoms with van der Waals surface area (Å²) in [6.07, 6.45) is 6.30. The van der Waals surface area contributed by atoms with E-state index in [4.69, 9.17) is 10.6 Å². The highest BCUT2D eigenvalue weighted by Gasteiger charge is 2.21. The van der Waals surface area contributed by atoms with Crippen LogP contribution in [0.3, 0.4) is 0 Å². The van der Waals surface area contributed by atoms with Gasteiger partial charge in [-0.2, -0.15) is 0 Å². The van der Waals surface area contributed by atoms with Gasteiger partial charge in [-0.15, -0.1) is 0 Å². The van der Waals surface area contributed by atoms with Gasteiger partial charge in [0.25, 0.3) is 0 Å². The molecule has 1 saturated carbocycles. The first-order chi connectivity index (χ1) is 9.33. The predicted octanol–water partition coefficient (Wildman–Crippen LogP) is 2.84. The Labute approximate surface area is 112 Å². The Bertz CT molecular complexity index is 572. The van der Waals surface area contributed by atoms with Crippen molar-refractivity contribution >= 4 is 17.0 Å². The molecule has 1 fully saturated rings. The Hall–Kier alpha value is -1.75. The molecule has 5 heteroatoms. The number of nitrogens with two attached hydrogens (primary N) is 1. The number of nitrogens with zero attached hydrogens (tertiary/aromatic N) is 2. The molecule has 5 nitrogen and oxygen atoms in total. The molecule has 1 aliphatic rings. The number of rotatable bonds is 3. The van der Waals surface area contributed by atoms with Gasteiger partial charge in [-0.25, -0.2) is 10.8 Å². The van der Waals surface area contributed by atoms with Crippen molar-refractivity contribution in [3.8, 4) is 5.75 Å². The molecule has 3 N–H and O–H groups in total. The molecule has 1 aromatic heterocycles. The molecule has 0 atom stereocenters. The van der Waals surface area contributed by atoms with Crippen LogP contribution in [0.25, 0.3) is 11.0 Å². The van der Waals surface area contributed by atoms with Crippen molar-refractivity contribution in [3.63, 3.8) is 0 Å². The van der Waals surface area contributed by atoms with Crippen molar-refractivity contribution in [1.29, 1.82) is 0 Å². The Morgan fingerprint density at radius 3 is 2.79 bits per heavy atom. The average Bonchev–Trinajstić information content (AvgIpc) is 2.85. The molecule has 0 amide bonds. The van der Waals surface area contributed by atoms with E-state index in [2.05, 4.69) is 21.0 Å². The van der Waals surface area contributed by atoms with Gasteiger partial charge in [-0.05, 0) is 25.0 Å². The van der Waals surface area contributed by atoms with Crippen molar-refractivity contribution in [3.05, 3.63) is 18.2 Å². The van der Waals surface area contributed by atoms with Gasteiger partial charge in [0.1, 0.15) is 5.75 Å². The molecule has 0 spiro atoms. The minimum Gasteiger partial charge on any atom is -0.497 e. The van der Waals surface area contributed by atoms with Gasteiger partial charge in [-0.1, -0.05) is 19.3 Å². The molecule has 1 aliphatic carbocycles. The molecule has 0 bridgehead atoms. The number of nitrogens with one attached hydrogen (secondary N) is 1. The number of methoxy groups -OCH3 is 1. The van der Waals surface area contributed by atoms with Gasteiger partial charge in [0.2, 0.25) is 5.95 Å². The van der Waals surface area contributed by atoms with Crippen molar-refractivity contribution in [2.24, 2.45) is 5.84 Å². The Morgan fingerprint density at radius 1 is 1.32 bits per heavy atom. The summed E-state index contributed by atoms with van der Waals surface area (Å²) < 4.78 is 7.49. The van der Waals surface area contributed by atoms with Gasteiger partial charge in [0.05, 0.1) is 18.1 Å². The zero-order chi connectivity index (χ0) is 13.2. The van der Waals surface area contributed by atoms with E-state index in [0.717, 1.165) is 22.7 Å². The topological polar surface area (TPSA) is 65.1 Å². The van der Waals surface area contributed by atoms with Gasteiger partial charge in [-0.3, -0.25) is 5.43 Å². The molecule has 3 rings (SSSR count). The third kappa shape index (κ3) is 2.14. The molecule has 2 aromatic rings. The highest BCUT2D eigenvalue weighted by atomic mass is 16.5. The second kappa shape index (κ2) is 5.09. The van der Waals surface area contributed by atoms with E-state index < -0.39 is 0 Å². The van der Waals surface area contributed by atoms with Crippen LogP contribution in [-0.4, -0.2) is 16.7 Å². The molecule has 0 aliphatic heterocycles. The maximum Gasteiger partial charge on any atom is 0.218 e. The summed E-state index contributed by atoms with van der Waals surface area (Å²) >= 11 is 0. The lowest BCUT2D eigenvalue weighted by Gasteiger charge is -2.25. The van der Waals surface area contributed by atoms with E-state index in [1.165, 1.54) is 32.1 Å². The molecular formula is C14H20N4O.